The monoisotopic (exact) mass is 562 g/mol. The number of carbonyl (C=O) groups is 3. The van der Waals surface area contributed by atoms with Crippen LogP contribution in [-0.2, 0) is 14.4 Å². The number of carbonyl (C=O) groups excluding carboxylic acids is 2. The lowest BCUT2D eigenvalue weighted by Crippen LogP contribution is -2.40. The highest BCUT2D eigenvalue weighted by atomic mass is 16.4. The molecule has 0 aromatic carbocycles. The van der Waals surface area contributed by atoms with Crippen molar-refractivity contribution in [1.82, 2.24) is 10.6 Å². The number of aliphatic carboxylic acids is 1. The van der Waals surface area contributed by atoms with Gasteiger partial charge in [0.05, 0.1) is 0 Å². The van der Waals surface area contributed by atoms with E-state index in [-0.39, 0.29) is 11.8 Å². The molecule has 0 aliphatic heterocycles. The summed E-state index contributed by atoms with van der Waals surface area (Å²) in [6, 6.07) is -0.852. The lowest BCUT2D eigenvalue weighted by molar-refractivity contribution is -0.142. The summed E-state index contributed by atoms with van der Waals surface area (Å²) in [7, 11) is 0. The maximum absolute atomic E-state index is 12.2. The molecule has 0 heterocycles. The summed E-state index contributed by atoms with van der Waals surface area (Å²) < 4.78 is 0. The summed E-state index contributed by atoms with van der Waals surface area (Å²) in [5.41, 5.74) is 0. The maximum atomic E-state index is 12.2. The minimum atomic E-state index is -0.989. The Balaban J connectivity index is 3.70. The zero-order valence-electron chi connectivity index (χ0n) is 26.0. The van der Waals surface area contributed by atoms with Crippen molar-refractivity contribution < 1.29 is 19.5 Å². The molecule has 6 heteroatoms. The third-order valence-corrected chi connectivity index (χ3v) is 7.21. The Hall–Kier alpha value is -2.11. The minimum absolute atomic E-state index is 0.0744. The van der Waals surface area contributed by atoms with Crippen LogP contribution < -0.4 is 10.6 Å². The van der Waals surface area contributed by atoms with E-state index < -0.39 is 12.0 Å². The molecular weight excluding hydrogens is 500 g/mol. The Bertz CT molecular complexity index is 675. The molecule has 0 rings (SSSR count). The van der Waals surface area contributed by atoms with Crippen LogP contribution in [0.25, 0.3) is 0 Å². The van der Waals surface area contributed by atoms with Gasteiger partial charge in [-0.15, -0.1) is 0 Å². The zero-order chi connectivity index (χ0) is 29.5. The summed E-state index contributed by atoms with van der Waals surface area (Å²) in [5.74, 6) is -1.09. The fourth-order valence-corrected chi connectivity index (χ4v) is 4.59. The average molecular weight is 563 g/mol. The van der Waals surface area contributed by atoms with E-state index in [0.29, 0.717) is 38.6 Å². The molecule has 3 N–H and O–H groups in total. The summed E-state index contributed by atoms with van der Waals surface area (Å²) in [6.07, 6.45) is 32.4. The van der Waals surface area contributed by atoms with Crippen LogP contribution in [-0.4, -0.2) is 35.5 Å². The minimum Gasteiger partial charge on any atom is -0.480 e. The van der Waals surface area contributed by atoms with Gasteiger partial charge in [-0.2, -0.15) is 0 Å². The first-order valence-electron chi connectivity index (χ1n) is 16.6. The molecule has 0 aromatic rings. The fraction of sp³-hybridized carbons (Fsp3) is 0.794. The van der Waals surface area contributed by atoms with Gasteiger partial charge in [0.2, 0.25) is 11.8 Å². The van der Waals surface area contributed by atoms with Crippen molar-refractivity contribution in [2.24, 2.45) is 0 Å². The topological polar surface area (TPSA) is 95.5 Å². The lowest BCUT2D eigenvalue weighted by Gasteiger charge is -2.14. The van der Waals surface area contributed by atoms with E-state index in [0.717, 1.165) is 44.9 Å². The molecule has 0 spiro atoms. The molecule has 0 saturated carbocycles. The van der Waals surface area contributed by atoms with Crippen molar-refractivity contribution in [3.8, 4) is 0 Å². The predicted octanol–water partition coefficient (Wildman–Crippen LogP) is 8.80. The number of nitrogens with one attached hydrogen (secondary N) is 2. The number of unbranched alkanes of at least 4 members (excludes halogenated alkanes) is 15. The van der Waals surface area contributed by atoms with Crippen molar-refractivity contribution in [1.29, 1.82) is 0 Å². The number of hydrogen-bond acceptors (Lipinski definition) is 3. The lowest BCUT2D eigenvalue weighted by atomic mass is 10.1. The molecule has 0 aliphatic carbocycles. The van der Waals surface area contributed by atoms with Crippen LogP contribution >= 0.6 is 0 Å². The molecule has 0 aromatic heterocycles. The Kier molecular flexibility index (Phi) is 28.3. The first-order chi connectivity index (χ1) is 19.5. The molecule has 0 radical (unpaired) electrons. The molecule has 0 saturated heterocycles. The van der Waals surface area contributed by atoms with Gasteiger partial charge in [0.1, 0.15) is 6.04 Å². The van der Waals surface area contributed by atoms with Gasteiger partial charge in [-0.1, -0.05) is 102 Å². The number of carboxylic acid groups (broad SMARTS) is 1. The van der Waals surface area contributed by atoms with Gasteiger partial charge in [0, 0.05) is 19.4 Å². The summed E-state index contributed by atoms with van der Waals surface area (Å²) in [5, 5.41) is 15.1. The molecule has 232 valence electrons. The third kappa shape index (κ3) is 27.5. The van der Waals surface area contributed by atoms with E-state index in [1.807, 2.05) is 0 Å². The largest absolute Gasteiger partial charge is 0.480 e. The second-order valence-electron chi connectivity index (χ2n) is 11.1. The zero-order valence-corrected chi connectivity index (χ0v) is 26.0. The summed E-state index contributed by atoms with van der Waals surface area (Å²) in [6.45, 7) is 4.98. The number of carboxylic acids is 1. The van der Waals surface area contributed by atoms with Crippen LogP contribution in [0, 0.1) is 0 Å². The second kappa shape index (κ2) is 29.9. The van der Waals surface area contributed by atoms with Gasteiger partial charge in [-0.3, -0.25) is 9.59 Å². The van der Waals surface area contributed by atoms with Crippen molar-refractivity contribution in [3.63, 3.8) is 0 Å². The second-order valence-corrected chi connectivity index (χ2v) is 11.1. The van der Waals surface area contributed by atoms with E-state index in [1.165, 1.54) is 70.6 Å². The standard InChI is InChI=1S/C34H62N2O4/c1-3-5-7-9-11-13-15-17-19-21-23-28-32(37)35-30-26-25-27-31(34(39)40)36-33(38)29-24-22-20-18-16-14-12-10-8-6-4-2/h9-12,31H,3-8,13-30H2,1-2H3,(H,35,37)(H,36,38)(H,39,40)/b11-9-,12-10-/t31-/m0/s1. The molecule has 40 heavy (non-hydrogen) atoms. The molecule has 6 nitrogen and oxygen atoms in total. The number of amides is 2. The van der Waals surface area contributed by atoms with Gasteiger partial charge in [-0.05, 0) is 70.6 Å². The Morgan fingerprint density at radius 3 is 1.52 bits per heavy atom. The molecule has 0 aliphatic rings. The van der Waals surface area contributed by atoms with Crippen LogP contribution in [0.1, 0.15) is 162 Å². The first-order valence-corrected chi connectivity index (χ1v) is 16.6. The Labute approximate surface area is 246 Å². The summed E-state index contributed by atoms with van der Waals surface area (Å²) >= 11 is 0. The molecule has 0 unspecified atom stereocenters. The Morgan fingerprint density at radius 2 is 1.02 bits per heavy atom. The number of hydrogen-bond donors (Lipinski definition) is 3. The molecular formula is C34H62N2O4. The van der Waals surface area contributed by atoms with Crippen molar-refractivity contribution in [3.05, 3.63) is 24.3 Å². The highest BCUT2D eigenvalue weighted by molar-refractivity contribution is 5.83. The van der Waals surface area contributed by atoms with E-state index >= 15 is 0 Å². The van der Waals surface area contributed by atoms with Gasteiger partial charge in [0.25, 0.3) is 0 Å². The normalized spacial score (nSPS) is 12.2. The molecule has 1 atom stereocenters. The summed E-state index contributed by atoms with van der Waals surface area (Å²) in [4.78, 5) is 35.8. The van der Waals surface area contributed by atoms with Crippen molar-refractivity contribution >= 4 is 17.8 Å². The molecule has 0 fully saturated rings. The average Bonchev–Trinajstić information content (AvgIpc) is 2.93. The highest BCUT2D eigenvalue weighted by Crippen LogP contribution is 2.10. The van der Waals surface area contributed by atoms with E-state index in [1.54, 1.807) is 0 Å². The first kappa shape index (κ1) is 37.9. The van der Waals surface area contributed by atoms with Crippen molar-refractivity contribution in [2.75, 3.05) is 6.54 Å². The van der Waals surface area contributed by atoms with Crippen LogP contribution in [0.3, 0.4) is 0 Å². The van der Waals surface area contributed by atoms with Crippen LogP contribution in [0.2, 0.25) is 0 Å². The van der Waals surface area contributed by atoms with Gasteiger partial charge in [0.15, 0.2) is 0 Å². The van der Waals surface area contributed by atoms with Crippen LogP contribution in [0.4, 0.5) is 0 Å². The maximum Gasteiger partial charge on any atom is 0.326 e. The van der Waals surface area contributed by atoms with Crippen LogP contribution in [0.5, 0.6) is 0 Å². The SMILES string of the molecule is CCCC/C=C\CCCCCCCC(=O)NCCCC[C@H](NC(=O)CCCCCCC/C=C\CCCC)C(=O)O. The Morgan fingerprint density at radius 1 is 0.575 bits per heavy atom. The quantitative estimate of drug-likeness (QED) is 0.0627. The predicted molar refractivity (Wildman–Crippen MR) is 168 cm³/mol. The molecule has 0 bridgehead atoms. The van der Waals surface area contributed by atoms with Crippen LogP contribution in [0.15, 0.2) is 24.3 Å². The van der Waals surface area contributed by atoms with E-state index in [9.17, 15) is 19.5 Å². The van der Waals surface area contributed by atoms with Gasteiger partial charge >= 0.3 is 5.97 Å². The fourth-order valence-electron chi connectivity index (χ4n) is 4.59. The number of allylic oxidation sites excluding steroid dienone is 4. The third-order valence-electron chi connectivity index (χ3n) is 7.21. The molecule has 2 amide bonds. The highest BCUT2D eigenvalue weighted by Gasteiger charge is 2.19. The number of rotatable bonds is 29. The van der Waals surface area contributed by atoms with E-state index in [2.05, 4.69) is 48.8 Å². The van der Waals surface area contributed by atoms with Gasteiger partial charge in [-0.25, -0.2) is 4.79 Å². The van der Waals surface area contributed by atoms with E-state index in [4.69, 9.17) is 0 Å². The smallest absolute Gasteiger partial charge is 0.326 e. The van der Waals surface area contributed by atoms with Gasteiger partial charge < -0.3 is 15.7 Å². The van der Waals surface area contributed by atoms with Crippen molar-refractivity contribution in [2.45, 2.75) is 168 Å².